The zero-order valence-corrected chi connectivity index (χ0v) is 7.88. The number of nitrogens with one attached hydrogen (secondary N) is 1. The molecule has 3 nitrogen and oxygen atoms in total. The zero-order valence-electron chi connectivity index (χ0n) is 7.88. The minimum Gasteiger partial charge on any atom is -0.423 e. The monoisotopic (exact) mass is 195 g/mol. The van der Waals surface area contributed by atoms with Crippen LogP contribution in [0.2, 0.25) is 0 Å². The van der Waals surface area contributed by atoms with E-state index in [0.29, 0.717) is 12.2 Å². The fraction of sp³-hybridized carbons (Fsp3) is 0.333. The minimum atomic E-state index is -1.12. The Balaban J connectivity index is 2.45. The van der Waals surface area contributed by atoms with Gasteiger partial charge in [-0.3, -0.25) is 0 Å². The Kier molecular flexibility index (Phi) is 2.43. The normalized spacial score (nSPS) is 14.4. The molecule has 0 fully saturated rings. The number of fused-ring (bicyclic) bond motifs is 1. The quantitative estimate of drug-likeness (QED) is 0.674. The third kappa shape index (κ3) is 1.38. The van der Waals surface area contributed by atoms with Crippen molar-refractivity contribution in [2.24, 2.45) is 0 Å². The van der Waals surface area contributed by atoms with Gasteiger partial charge in [0.25, 0.3) is 0 Å². The van der Waals surface area contributed by atoms with Crippen LogP contribution < -0.4 is 10.8 Å². The average Bonchev–Trinajstić information content (AvgIpc) is 2.54. The third-order valence-corrected chi connectivity index (χ3v) is 2.28. The first-order valence-corrected chi connectivity index (χ1v) is 4.59. The van der Waals surface area contributed by atoms with Gasteiger partial charge in [0.15, 0.2) is 0 Å². The topological polar surface area (TPSA) is 41.5 Å². The minimum absolute atomic E-state index is 0.267. The highest BCUT2D eigenvalue weighted by molar-refractivity contribution is 6.61. The molecule has 0 bridgehead atoms. The summed E-state index contributed by atoms with van der Waals surface area (Å²) in [6.07, 6.45) is 0. The van der Waals surface area contributed by atoms with Crippen molar-refractivity contribution in [3.05, 3.63) is 23.5 Å². The standard InChI is InChI=1S/C9H11BFNO2/c1-2-12-7-4-3-6-5-14-10(13)8(6)9(7)11/h3-4,12-13H,2,5H2,1H3. The van der Waals surface area contributed by atoms with Crippen molar-refractivity contribution in [1.29, 1.82) is 0 Å². The van der Waals surface area contributed by atoms with Crippen LogP contribution in [-0.2, 0) is 11.3 Å². The van der Waals surface area contributed by atoms with Crippen molar-refractivity contribution in [2.45, 2.75) is 13.5 Å². The van der Waals surface area contributed by atoms with Crippen LogP contribution in [0, 0.1) is 5.82 Å². The maximum absolute atomic E-state index is 13.7. The van der Waals surface area contributed by atoms with Crippen molar-refractivity contribution in [3.8, 4) is 0 Å². The molecule has 2 N–H and O–H groups in total. The van der Waals surface area contributed by atoms with Crippen LogP contribution in [0.4, 0.5) is 10.1 Å². The second-order valence-electron chi connectivity index (χ2n) is 3.19. The molecule has 2 rings (SSSR count). The Morgan fingerprint density at radius 3 is 3.14 bits per heavy atom. The Morgan fingerprint density at radius 2 is 2.43 bits per heavy atom. The van der Waals surface area contributed by atoms with Gasteiger partial charge < -0.3 is 15.0 Å². The fourth-order valence-corrected chi connectivity index (χ4v) is 1.60. The van der Waals surface area contributed by atoms with Crippen LogP contribution >= 0.6 is 0 Å². The van der Waals surface area contributed by atoms with E-state index in [0.717, 1.165) is 5.56 Å². The summed E-state index contributed by atoms with van der Waals surface area (Å²) in [5, 5.41) is 12.2. The van der Waals surface area contributed by atoms with Crippen LogP contribution in [0.25, 0.3) is 0 Å². The van der Waals surface area contributed by atoms with Crippen LogP contribution in [-0.4, -0.2) is 18.7 Å². The van der Waals surface area contributed by atoms with Crippen LogP contribution in [0.15, 0.2) is 12.1 Å². The summed E-state index contributed by atoms with van der Waals surface area (Å²) in [6, 6.07) is 3.44. The average molecular weight is 195 g/mol. The van der Waals surface area contributed by atoms with Gasteiger partial charge in [-0.15, -0.1) is 0 Å². The number of halogens is 1. The number of anilines is 1. The van der Waals surface area contributed by atoms with E-state index in [9.17, 15) is 9.41 Å². The van der Waals surface area contributed by atoms with Crippen molar-refractivity contribution in [2.75, 3.05) is 11.9 Å². The Hall–Kier alpha value is -1.07. The van der Waals surface area contributed by atoms with Gasteiger partial charge in [0.05, 0.1) is 12.3 Å². The Morgan fingerprint density at radius 1 is 1.64 bits per heavy atom. The highest BCUT2D eigenvalue weighted by Gasteiger charge is 2.31. The van der Waals surface area contributed by atoms with Gasteiger partial charge >= 0.3 is 7.12 Å². The predicted molar refractivity (Wildman–Crippen MR) is 53.0 cm³/mol. The SMILES string of the molecule is CCNc1ccc2c(c1F)B(O)OC2. The number of hydrogen-bond acceptors (Lipinski definition) is 3. The maximum Gasteiger partial charge on any atom is 0.494 e. The van der Waals surface area contributed by atoms with Crippen molar-refractivity contribution in [3.63, 3.8) is 0 Å². The molecule has 0 unspecified atom stereocenters. The lowest BCUT2D eigenvalue weighted by atomic mass is 9.79. The number of hydrogen-bond donors (Lipinski definition) is 2. The molecule has 74 valence electrons. The third-order valence-electron chi connectivity index (χ3n) is 2.28. The maximum atomic E-state index is 13.7. The summed E-state index contributed by atoms with van der Waals surface area (Å²) in [6.45, 7) is 2.81. The van der Waals surface area contributed by atoms with Gasteiger partial charge in [0, 0.05) is 12.0 Å². The first kappa shape index (κ1) is 9.49. The van der Waals surface area contributed by atoms with Gasteiger partial charge in [0.1, 0.15) is 5.82 Å². The molecule has 1 aromatic carbocycles. The van der Waals surface area contributed by atoms with E-state index in [2.05, 4.69) is 5.32 Å². The molecule has 1 aliphatic heterocycles. The van der Waals surface area contributed by atoms with Crippen molar-refractivity contribution in [1.82, 2.24) is 0 Å². The van der Waals surface area contributed by atoms with E-state index < -0.39 is 12.9 Å². The van der Waals surface area contributed by atoms with Crippen LogP contribution in [0.1, 0.15) is 12.5 Å². The largest absolute Gasteiger partial charge is 0.494 e. The number of benzene rings is 1. The first-order valence-electron chi connectivity index (χ1n) is 4.59. The molecule has 0 radical (unpaired) electrons. The Bertz CT molecular complexity index is 359. The van der Waals surface area contributed by atoms with Gasteiger partial charge in [-0.2, -0.15) is 0 Å². The molecular weight excluding hydrogens is 184 g/mol. The van der Waals surface area contributed by atoms with Crippen molar-refractivity contribution >= 4 is 18.3 Å². The molecule has 14 heavy (non-hydrogen) atoms. The second-order valence-corrected chi connectivity index (χ2v) is 3.19. The summed E-state index contributed by atoms with van der Waals surface area (Å²) in [5.74, 6) is -0.408. The lowest BCUT2D eigenvalue weighted by Crippen LogP contribution is -2.31. The summed E-state index contributed by atoms with van der Waals surface area (Å²) >= 11 is 0. The van der Waals surface area contributed by atoms with E-state index in [4.69, 9.17) is 4.65 Å². The number of rotatable bonds is 2. The second kappa shape index (κ2) is 3.59. The molecule has 1 heterocycles. The zero-order chi connectivity index (χ0) is 10.1. The van der Waals surface area contributed by atoms with E-state index >= 15 is 0 Å². The molecule has 0 aromatic heterocycles. The summed E-state index contributed by atoms with van der Waals surface area (Å²) in [4.78, 5) is 0. The summed E-state index contributed by atoms with van der Waals surface area (Å²) in [7, 11) is -1.12. The molecule has 0 spiro atoms. The molecule has 1 aromatic rings. The molecule has 0 amide bonds. The smallest absolute Gasteiger partial charge is 0.423 e. The molecule has 0 atom stereocenters. The highest BCUT2D eigenvalue weighted by atomic mass is 19.1. The van der Waals surface area contributed by atoms with E-state index in [1.807, 2.05) is 6.92 Å². The molecule has 0 aliphatic carbocycles. The lowest BCUT2D eigenvalue weighted by Gasteiger charge is -2.08. The summed E-state index contributed by atoms with van der Waals surface area (Å²) in [5.41, 5.74) is 1.40. The predicted octanol–water partition coefficient (Wildman–Crippen LogP) is 0.475. The molecule has 0 saturated carbocycles. The van der Waals surface area contributed by atoms with E-state index in [1.54, 1.807) is 12.1 Å². The van der Waals surface area contributed by atoms with Gasteiger partial charge in [-0.25, -0.2) is 4.39 Å². The molecule has 1 aliphatic rings. The molecule has 0 saturated heterocycles. The Labute approximate surface area is 82.0 Å². The molecular formula is C9H11BFNO2. The van der Waals surface area contributed by atoms with Crippen molar-refractivity contribution < 1.29 is 14.1 Å². The fourth-order valence-electron chi connectivity index (χ4n) is 1.60. The van der Waals surface area contributed by atoms with Gasteiger partial charge in [0.2, 0.25) is 0 Å². The van der Waals surface area contributed by atoms with E-state index in [-0.39, 0.29) is 12.1 Å². The van der Waals surface area contributed by atoms with E-state index in [1.165, 1.54) is 0 Å². The molecule has 5 heteroatoms. The summed E-state index contributed by atoms with van der Waals surface area (Å²) < 4.78 is 18.6. The van der Waals surface area contributed by atoms with Crippen LogP contribution in [0.5, 0.6) is 0 Å². The van der Waals surface area contributed by atoms with Gasteiger partial charge in [-0.05, 0) is 18.6 Å². The lowest BCUT2D eigenvalue weighted by molar-refractivity contribution is 0.275. The van der Waals surface area contributed by atoms with Gasteiger partial charge in [-0.1, -0.05) is 6.07 Å². The van der Waals surface area contributed by atoms with Crippen LogP contribution in [0.3, 0.4) is 0 Å². The highest BCUT2D eigenvalue weighted by Crippen LogP contribution is 2.18. The first-order chi connectivity index (χ1) is 6.74.